The maximum atomic E-state index is 12.6. The average molecular weight is 420 g/mol. The molecule has 9 nitrogen and oxygen atoms in total. The van der Waals surface area contributed by atoms with Crippen LogP contribution >= 0.6 is 0 Å². The number of nitrogens with zero attached hydrogens (tertiary/aromatic N) is 2. The monoisotopic (exact) mass is 420 g/mol. The zero-order chi connectivity index (χ0) is 21.4. The van der Waals surface area contributed by atoms with E-state index < -0.39 is 14.9 Å². The second-order valence-electron chi connectivity index (χ2n) is 6.24. The van der Waals surface area contributed by atoms with Crippen molar-refractivity contribution in [2.45, 2.75) is 31.6 Å². The van der Waals surface area contributed by atoms with E-state index in [1.807, 2.05) is 13.8 Å². The molecule has 0 atom stereocenters. The van der Waals surface area contributed by atoms with Gasteiger partial charge in [-0.3, -0.25) is 20.3 Å². The molecule has 0 bridgehead atoms. The third kappa shape index (κ3) is 5.92. The Balaban J connectivity index is 2.26. The molecule has 2 rings (SSSR count). The summed E-state index contributed by atoms with van der Waals surface area (Å²) in [6.07, 6.45) is 3.50. The van der Waals surface area contributed by atoms with Crippen LogP contribution in [0.1, 0.15) is 26.7 Å². The van der Waals surface area contributed by atoms with E-state index in [1.54, 1.807) is 18.3 Å². The summed E-state index contributed by atoms with van der Waals surface area (Å²) in [6, 6.07) is 9.89. The van der Waals surface area contributed by atoms with Crippen LogP contribution in [0.3, 0.4) is 0 Å². The highest BCUT2D eigenvalue weighted by Crippen LogP contribution is 2.29. The van der Waals surface area contributed by atoms with Crippen LogP contribution in [-0.4, -0.2) is 26.7 Å². The van der Waals surface area contributed by atoms with Crippen LogP contribution in [0.15, 0.2) is 52.5 Å². The first-order valence-corrected chi connectivity index (χ1v) is 10.5. The smallest absolute Gasteiger partial charge is 0.295 e. The molecule has 0 amide bonds. The molecule has 0 spiro atoms. The summed E-state index contributed by atoms with van der Waals surface area (Å²) in [5, 5.41) is 15.5. The van der Waals surface area contributed by atoms with E-state index in [-0.39, 0.29) is 22.2 Å². The maximum Gasteiger partial charge on any atom is 0.295 e. The van der Waals surface area contributed by atoms with E-state index in [0.29, 0.717) is 11.4 Å². The second-order valence-corrected chi connectivity index (χ2v) is 7.92. The fourth-order valence-corrected chi connectivity index (χ4v) is 3.59. The summed E-state index contributed by atoms with van der Waals surface area (Å²) >= 11 is 0. The largest absolute Gasteiger partial charge is 0.497 e. The van der Waals surface area contributed by atoms with Gasteiger partial charge < -0.3 is 4.74 Å². The summed E-state index contributed by atoms with van der Waals surface area (Å²) in [6.45, 7) is 4.05. The van der Waals surface area contributed by atoms with Crippen molar-refractivity contribution in [3.05, 3.63) is 52.6 Å². The molecule has 0 saturated carbocycles. The van der Waals surface area contributed by atoms with Crippen molar-refractivity contribution >= 4 is 33.3 Å². The highest BCUT2D eigenvalue weighted by atomic mass is 32.2. The van der Waals surface area contributed by atoms with Crippen LogP contribution < -0.4 is 14.9 Å². The Bertz CT molecular complexity index is 971. The molecular weight excluding hydrogens is 396 g/mol. The molecule has 2 aromatic carbocycles. The van der Waals surface area contributed by atoms with Gasteiger partial charge in [-0.05, 0) is 55.2 Å². The van der Waals surface area contributed by atoms with Crippen LogP contribution in [-0.2, 0) is 10.0 Å². The topological polar surface area (TPSA) is 123 Å². The van der Waals surface area contributed by atoms with Crippen molar-refractivity contribution in [3.8, 4) is 5.75 Å². The summed E-state index contributed by atoms with van der Waals surface area (Å²) in [5.74, 6) is 0.836. The van der Waals surface area contributed by atoms with Crippen molar-refractivity contribution < 1.29 is 18.1 Å². The van der Waals surface area contributed by atoms with Gasteiger partial charge in [0.15, 0.2) is 0 Å². The van der Waals surface area contributed by atoms with Gasteiger partial charge in [0.1, 0.15) is 11.4 Å². The number of ether oxygens (including phenoxy) is 1. The Morgan fingerprint density at radius 1 is 1.17 bits per heavy atom. The molecule has 0 radical (unpaired) electrons. The third-order valence-corrected chi connectivity index (χ3v) is 5.72. The molecule has 156 valence electrons. The van der Waals surface area contributed by atoms with Crippen LogP contribution in [0.25, 0.3) is 0 Å². The van der Waals surface area contributed by atoms with Crippen LogP contribution in [0.4, 0.5) is 17.1 Å². The second kappa shape index (κ2) is 9.87. The molecular formula is C19H24N4O5S. The van der Waals surface area contributed by atoms with E-state index in [1.165, 1.54) is 31.4 Å². The number of anilines is 2. The summed E-state index contributed by atoms with van der Waals surface area (Å²) in [4.78, 5) is 10.5. The first kappa shape index (κ1) is 22.2. The number of nitro benzene ring substituents is 1. The molecule has 2 N–H and O–H groups in total. The average Bonchev–Trinajstić information content (AvgIpc) is 2.71. The predicted octanol–water partition coefficient (Wildman–Crippen LogP) is 4.24. The van der Waals surface area contributed by atoms with Crippen molar-refractivity contribution in [3.63, 3.8) is 0 Å². The van der Waals surface area contributed by atoms with Crippen LogP contribution in [0.5, 0.6) is 5.75 Å². The van der Waals surface area contributed by atoms with Crippen molar-refractivity contribution in [1.29, 1.82) is 0 Å². The molecule has 0 fully saturated rings. The highest BCUT2D eigenvalue weighted by molar-refractivity contribution is 7.92. The quantitative estimate of drug-likeness (QED) is 0.337. The number of rotatable bonds is 10. The van der Waals surface area contributed by atoms with Gasteiger partial charge >= 0.3 is 0 Å². The fraction of sp³-hybridized carbons (Fsp3) is 0.316. The van der Waals surface area contributed by atoms with Crippen molar-refractivity contribution in [1.82, 2.24) is 0 Å². The van der Waals surface area contributed by atoms with Crippen molar-refractivity contribution in [2.75, 3.05) is 17.3 Å². The molecule has 0 aromatic heterocycles. The number of hydrogen-bond donors (Lipinski definition) is 2. The molecule has 2 aromatic rings. The minimum atomic E-state index is -4.01. The Morgan fingerprint density at radius 2 is 1.83 bits per heavy atom. The molecule has 0 aliphatic rings. The molecule has 0 unspecified atom stereocenters. The minimum Gasteiger partial charge on any atom is -0.497 e. The first-order chi connectivity index (χ1) is 13.8. The molecule has 0 aliphatic carbocycles. The van der Waals surface area contributed by atoms with E-state index in [0.717, 1.165) is 18.9 Å². The predicted molar refractivity (Wildman–Crippen MR) is 113 cm³/mol. The molecule has 0 heterocycles. The maximum absolute atomic E-state index is 12.6. The lowest BCUT2D eigenvalue weighted by atomic mass is 10.1. The lowest BCUT2D eigenvalue weighted by molar-refractivity contribution is -0.384. The minimum absolute atomic E-state index is 0.112. The summed E-state index contributed by atoms with van der Waals surface area (Å²) in [5.41, 5.74) is 2.67. The standard InChI is InChI=1S/C19H24N4O5S/c1-4-14(5-2)13-20-21-18-11-10-17(12-19(18)23(24)25)29(26,27)22-15-6-8-16(28-3)9-7-15/h6-14,21-22H,4-5H2,1-3H3/b20-13+. The van der Waals surface area contributed by atoms with Gasteiger partial charge in [0.2, 0.25) is 0 Å². The van der Waals surface area contributed by atoms with Gasteiger partial charge in [0, 0.05) is 18.0 Å². The fourth-order valence-electron chi connectivity index (χ4n) is 2.51. The number of methoxy groups -OCH3 is 1. The Labute approximate surface area is 170 Å². The zero-order valence-corrected chi connectivity index (χ0v) is 17.3. The van der Waals surface area contributed by atoms with Crippen LogP contribution in [0, 0.1) is 16.0 Å². The van der Waals surface area contributed by atoms with Gasteiger partial charge in [-0.2, -0.15) is 5.10 Å². The van der Waals surface area contributed by atoms with Crippen LogP contribution in [0.2, 0.25) is 0 Å². The summed E-state index contributed by atoms with van der Waals surface area (Å²) in [7, 11) is -2.51. The number of hydrazone groups is 1. The first-order valence-electron chi connectivity index (χ1n) is 9.05. The molecule has 0 aliphatic heterocycles. The Hall–Kier alpha value is -3.14. The number of benzene rings is 2. The van der Waals surface area contributed by atoms with E-state index in [2.05, 4.69) is 15.2 Å². The molecule has 0 saturated heterocycles. The Morgan fingerprint density at radius 3 is 2.38 bits per heavy atom. The lowest BCUT2D eigenvalue weighted by Gasteiger charge is -2.10. The zero-order valence-electron chi connectivity index (χ0n) is 16.5. The van der Waals surface area contributed by atoms with Gasteiger partial charge in [0.25, 0.3) is 15.7 Å². The number of nitro groups is 1. The normalized spacial score (nSPS) is 11.6. The van der Waals surface area contributed by atoms with Gasteiger partial charge in [-0.25, -0.2) is 8.42 Å². The molecule has 10 heteroatoms. The molecule has 29 heavy (non-hydrogen) atoms. The number of hydrogen-bond acceptors (Lipinski definition) is 7. The van der Waals surface area contributed by atoms with E-state index in [4.69, 9.17) is 4.74 Å². The van der Waals surface area contributed by atoms with Gasteiger partial charge in [0.05, 0.1) is 16.9 Å². The lowest BCUT2D eigenvalue weighted by Crippen LogP contribution is -2.13. The number of sulfonamides is 1. The van der Waals surface area contributed by atoms with E-state index >= 15 is 0 Å². The highest BCUT2D eigenvalue weighted by Gasteiger charge is 2.21. The summed E-state index contributed by atoms with van der Waals surface area (Å²) < 4.78 is 32.6. The SMILES string of the molecule is CCC(/C=N/Nc1ccc(S(=O)(=O)Nc2ccc(OC)cc2)cc1[N+](=O)[O-])CC. The van der Waals surface area contributed by atoms with Gasteiger partial charge in [-0.15, -0.1) is 0 Å². The van der Waals surface area contributed by atoms with E-state index in [9.17, 15) is 18.5 Å². The van der Waals surface area contributed by atoms with Gasteiger partial charge in [-0.1, -0.05) is 13.8 Å². The third-order valence-electron chi connectivity index (χ3n) is 4.34. The Kier molecular flexibility index (Phi) is 7.54. The number of nitrogens with one attached hydrogen (secondary N) is 2. The van der Waals surface area contributed by atoms with Crippen molar-refractivity contribution in [2.24, 2.45) is 11.0 Å².